The van der Waals surface area contributed by atoms with E-state index in [1.807, 2.05) is 22.6 Å². The Bertz CT molecular complexity index is 1090. The molecule has 0 aliphatic heterocycles. The molecule has 3 rings (SSSR count). The normalized spacial score (nSPS) is 10.3. The molecule has 7 heteroatoms. The zero-order chi connectivity index (χ0) is 19.6. The molecule has 0 N–H and O–H groups in total. The molecule has 0 heterocycles. The summed E-state index contributed by atoms with van der Waals surface area (Å²) in [5, 5.41) is 8.74. The van der Waals surface area contributed by atoms with Gasteiger partial charge in [0, 0.05) is 15.2 Å². The number of hydrogen-bond donors (Lipinski definition) is 0. The van der Waals surface area contributed by atoms with Crippen molar-refractivity contribution in [1.82, 2.24) is 0 Å². The smallest absolute Gasteiger partial charge is 0.346 e. The fourth-order valence-electron chi connectivity index (χ4n) is 2.38. The molecule has 0 amide bonds. The van der Waals surface area contributed by atoms with E-state index in [-0.39, 0.29) is 28.0 Å². The molecule has 0 spiro atoms. The summed E-state index contributed by atoms with van der Waals surface area (Å²) in [5.74, 6) is -3.34. The van der Waals surface area contributed by atoms with Crippen molar-refractivity contribution in [3.8, 4) is 22.9 Å². The number of ether oxygens (including phenoxy) is 1. The Morgan fingerprint density at radius 2 is 1.70 bits per heavy atom. The van der Waals surface area contributed by atoms with Crippen molar-refractivity contribution in [3.05, 3.63) is 86.7 Å². The maximum absolute atomic E-state index is 14.4. The van der Waals surface area contributed by atoms with Crippen molar-refractivity contribution in [2.75, 3.05) is 0 Å². The number of nitrogens with zero attached hydrogens (tertiary/aromatic N) is 1. The fraction of sp³-hybridized carbons (Fsp3) is 0. The SMILES string of the molecule is N#Cc1ccc(-c2ccc(OC(=O)c3ccc(I)cc3F)cc2F)cc1F. The highest BCUT2D eigenvalue weighted by Crippen LogP contribution is 2.28. The average molecular weight is 479 g/mol. The van der Waals surface area contributed by atoms with E-state index in [2.05, 4.69) is 0 Å². The van der Waals surface area contributed by atoms with Crippen LogP contribution < -0.4 is 4.74 Å². The summed E-state index contributed by atoms with van der Waals surface area (Å²) in [6.07, 6.45) is 0. The molecule has 3 aromatic rings. The molecule has 0 aliphatic rings. The monoisotopic (exact) mass is 479 g/mol. The van der Waals surface area contributed by atoms with Crippen LogP contribution in [0.4, 0.5) is 13.2 Å². The van der Waals surface area contributed by atoms with Gasteiger partial charge < -0.3 is 4.74 Å². The van der Waals surface area contributed by atoms with Gasteiger partial charge in [-0.25, -0.2) is 18.0 Å². The van der Waals surface area contributed by atoms with E-state index in [1.165, 1.54) is 36.4 Å². The summed E-state index contributed by atoms with van der Waals surface area (Å²) < 4.78 is 47.6. The molecular formula is C20H9F3INO2. The number of halogens is 4. The Morgan fingerprint density at radius 3 is 2.33 bits per heavy atom. The van der Waals surface area contributed by atoms with Gasteiger partial charge in [0.15, 0.2) is 0 Å². The predicted octanol–water partition coefficient (Wildman–Crippen LogP) is 5.47. The van der Waals surface area contributed by atoms with E-state index < -0.39 is 23.4 Å². The van der Waals surface area contributed by atoms with Crippen LogP contribution >= 0.6 is 22.6 Å². The number of esters is 1. The van der Waals surface area contributed by atoms with Crippen LogP contribution in [0.2, 0.25) is 0 Å². The van der Waals surface area contributed by atoms with Crippen molar-refractivity contribution in [3.63, 3.8) is 0 Å². The molecule has 0 radical (unpaired) electrons. The van der Waals surface area contributed by atoms with Crippen molar-refractivity contribution < 1.29 is 22.7 Å². The standard InChI is InChI=1S/C20H9F3INO2/c21-17-7-11(1-2-12(17)10-25)15-6-4-14(9-19(15)23)27-20(26)16-5-3-13(24)8-18(16)22/h1-9H. The largest absolute Gasteiger partial charge is 0.423 e. The van der Waals surface area contributed by atoms with Gasteiger partial charge in [-0.1, -0.05) is 6.07 Å². The van der Waals surface area contributed by atoms with E-state index >= 15 is 0 Å². The molecule has 3 nitrogen and oxygen atoms in total. The minimum absolute atomic E-state index is 0.0682. The fourth-order valence-corrected chi connectivity index (χ4v) is 2.84. The Kier molecular flexibility index (Phi) is 5.46. The highest BCUT2D eigenvalue weighted by atomic mass is 127. The van der Waals surface area contributed by atoms with Crippen LogP contribution in [0.25, 0.3) is 11.1 Å². The van der Waals surface area contributed by atoms with E-state index in [0.717, 1.165) is 12.1 Å². The van der Waals surface area contributed by atoms with E-state index in [0.29, 0.717) is 3.57 Å². The molecule has 0 atom stereocenters. The van der Waals surface area contributed by atoms with Crippen molar-refractivity contribution in [2.24, 2.45) is 0 Å². The first-order valence-electron chi connectivity index (χ1n) is 7.56. The molecule has 134 valence electrons. The van der Waals surface area contributed by atoms with Crippen LogP contribution in [0.1, 0.15) is 15.9 Å². The Hall–Kier alpha value is -2.86. The van der Waals surface area contributed by atoms with Gasteiger partial charge in [-0.3, -0.25) is 0 Å². The van der Waals surface area contributed by atoms with E-state index in [1.54, 1.807) is 12.1 Å². The second kappa shape index (κ2) is 7.80. The number of carbonyl (C=O) groups excluding carboxylic acids is 1. The summed E-state index contributed by atoms with van der Waals surface area (Å²) in [6.45, 7) is 0. The Balaban J connectivity index is 1.85. The van der Waals surface area contributed by atoms with Gasteiger partial charge in [-0.15, -0.1) is 0 Å². The summed E-state index contributed by atoms with van der Waals surface area (Å²) in [7, 11) is 0. The maximum atomic E-state index is 14.4. The van der Waals surface area contributed by atoms with Gasteiger partial charge in [-0.05, 0) is 70.6 Å². The van der Waals surface area contributed by atoms with Gasteiger partial charge in [-0.2, -0.15) is 5.26 Å². The number of carbonyl (C=O) groups is 1. The Labute approximate surface area is 166 Å². The molecule has 0 bridgehead atoms. The minimum Gasteiger partial charge on any atom is -0.423 e. The van der Waals surface area contributed by atoms with Crippen molar-refractivity contribution >= 4 is 28.6 Å². The second-order valence-electron chi connectivity index (χ2n) is 5.46. The highest BCUT2D eigenvalue weighted by molar-refractivity contribution is 14.1. The molecule has 0 unspecified atom stereocenters. The first-order valence-corrected chi connectivity index (χ1v) is 8.63. The van der Waals surface area contributed by atoms with Gasteiger partial charge >= 0.3 is 5.97 Å². The zero-order valence-corrected chi connectivity index (χ0v) is 15.6. The summed E-state index contributed by atoms with van der Waals surface area (Å²) >= 11 is 1.90. The molecule has 0 aromatic heterocycles. The van der Waals surface area contributed by atoms with Gasteiger partial charge in [0.25, 0.3) is 0 Å². The van der Waals surface area contributed by atoms with Crippen LogP contribution in [0, 0.1) is 32.4 Å². The lowest BCUT2D eigenvalue weighted by Gasteiger charge is -2.09. The first-order chi connectivity index (χ1) is 12.9. The topological polar surface area (TPSA) is 50.1 Å². The number of rotatable bonds is 3. The Morgan fingerprint density at radius 1 is 0.926 bits per heavy atom. The molecule has 27 heavy (non-hydrogen) atoms. The van der Waals surface area contributed by atoms with E-state index in [4.69, 9.17) is 10.00 Å². The lowest BCUT2D eigenvalue weighted by atomic mass is 10.0. The van der Waals surface area contributed by atoms with Crippen molar-refractivity contribution in [1.29, 1.82) is 5.26 Å². The average Bonchev–Trinajstić information content (AvgIpc) is 2.61. The second-order valence-corrected chi connectivity index (χ2v) is 6.71. The third-order valence-electron chi connectivity index (χ3n) is 3.70. The van der Waals surface area contributed by atoms with Crippen LogP contribution in [-0.4, -0.2) is 5.97 Å². The number of benzene rings is 3. The van der Waals surface area contributed by atoms with Gasteiger partial charge in [0.1, 0.15) is 29.3 Å². The summed E-state index contributed by atoms with van der Waals surface area (Å²) in [4.78, 5) is 12.1. The van der Waals surface area contributed by atoms with Gasteiger partial charge in [0.05, 0.1) is 11.1 Å². The third-order valence-corrected chi connectivity index (χ3v) is 4.37. The van der Waals surface area contributed by atoms with Crippen LogP contribution in [0.5, 0.6) is 5.75 Å². The molecular weight excluding hydrogens is 470 g/mol. The molecule has 0 fully saturated rings. The molecule has 0 saturated carbocycles. The molecule has 0 aliphatic carbocycles. The van der Waals surface area contributed by atoms with Gasteiger partial charge in [0.2, 0.25) is 0 Å². The lowest BCUT2D eigenvalue weighted by Crippen LogP contribution is -2.11. The first kappa shape index (κ1) is 18.9. The number of hydrogen-bond acceptors (Lipinski definition) is 3. The predicted molar refractivity (Wildman–Crippen MR) is 101 cm³/mol. The molecule has 3 aromatic carbocycles. The highest BCUT2D eigenvalue weighted by Gasteiger charge is 2.16. The van der Waals surface area contributed by atoms with Crippen LogP contribution in [-0.2, 0) is 0 Å². The maximum Gasteiger partial charge on any atom is 0.346 e. The third kappa shape index (κ3) is 4.11. The summed E-state index contributed by atoms with van der Waals surface area (Å²) in [6, 6.07) is 13.0. The lowest BCUT2D eigenvalue weighted by molar-refractivity contribution is 0.0729. The molecule has 0 saturated heterocycles. The number of nitriles is 1. The summed E-state index contributed by atoms with van der Waals surface area (Å²) in [5.41, 5.74) is -0.123. The zero-order valence-electron chi connectivity index (χ0n) is 13.5. The van der Waals surface area contributed by atoms with Crippen molar-refractivity contribution in [2.45, 2.75) is 0 Å². The van der Waals surface area contributed by atoms with E-state index in [9.17, 15) is 18.0 Å². The quantitative estimate of drug-likeness (QED) is 0.285. The van der Waals surface area contributed by atoms with Crippen LogP contribution in [0.15, 0.2) is 54.6 Å². The minimum atomic E-state index is -0.958. The van der Waals surface area contributed by atoms with Crippen LogP contribution in [0.3, 0.4) is 0 Å².